The summed E-state index contributed by atoms with van der Waals surface area (Å²) < 4.78 is 0. The number of nitrogens with one attached hydrogen (secondary N) is 1. The summed E-state index contributed by atoms with van der Waals surface area (Å²) in [5, 5.41) is 8.17. The lowest BCUT2D eigenvalue weighted by molar-refractivity contribution is 0.0941. The molecule has 0 aromatic carbocycles. The van der Waals surface area contributed by atoms with Crippen LogP contribution in [0.3, 0.4) is 0 Å². The van der Waals surface area contributed by atoms with Crippen LogP contribution in [0.1, 0.15) is 41.0 Å². The first-order chi connectivity index (χ1) is 9.24. The smallest absolute Gasteiger partial charge is 0.263 e. The number of hydrogen-bond donors (Lipinski definition) is 1. The highest BCUT2D eigenvalue weighted by atomic mass is 32.1. The van der Waals surface area contributed by atoms with Crippen LogP contribution >= 0.6 is 22.7 Å². The lowest BCUT2D eigenvalue weighted by atomic mass is 10.2. The van der Waals surface area contributed by atoms with Crippen molar-refractivity contribution in [1.29, 1.82) is 0 Å². The Labute approximate surface area is 120 Å². The highest BCUT2D eigenvalue weighted by molar-refractivity contribution is 7.17. The third-order valence-corrected chi connectivity index (χ3v) is 5.35. The highest BCUT2D eigenvalue weighted by Gasteiger charge is 2.21. The van der Waals surface area contributed by atoms with E-state index in [1.807, 2.05) is 18.4 Å². The topological polar surface area (TPSA) is 42.0 Å². The number of carbonyl (C=O) groups excluding carboxylic acids is 1. The summed E-state index contributed by atoms with van der Waals surface area (Å²) in [6, 6.07) is 2.40. The summed E-state index contributed by atoms with van der Waals surface area (Å²) in [7, 11) is 0. The molecule has 5 heteroatoms. The fourth-order valence-corrected chi connectivity index (χ4v) is 4.12. The molecule has 0 saturated heterocycles. The Hall–Kier alpha value is -1.20. The molecule has 0 radical (unpaired) electrons. The molecule has 0 bridgehead atoms. The van der Waals surface area contributed by atoms with E-state index in [-0.39, 0.29) is 5.91 Å². The van der Waals surface area contributed by atoms with Gasteiger partial charge in [0.1, 0.15) is 9.88 Å². The standard InChI is InChI=1S/C14H16N2OS2/c1-9-12(13(17)16-11-4-2-3-5-11)19-14(15-9)10-6-7-18-8-10/h6-8,11H,2-5H2,1H3,(H,16,17). The Morgan fingerprint density at radius 1 is 1.42 bits per heavy atom. The normalized spacial score (nSPS) is 15.8. The van der Waals surface area contributed by atoms with Crippen molar-refractivity contribution in [3.05, 3.63) is 27.4 Å². The molecule has 1 N–H and O–H groups in total. The van der Waals surface area contributed by atoms with Crippen molar-refractivity contribution in [3.63, 3.8) is 0 Å². The average molecular weight is 292 g/mol. The van der Waals surface area contributed by atoms with E-state index in [9.17, 15) is 4.79 Å². The molecule has 0 aliphatic heterocycles. The minimum atomic E-state index is 0.0448. The molecule has 1 fully saturated rings. The summed E-state index contributed by atoms with van der Waals surface area (Å²) in [5.74, 6) is 0.0448. The van der Waals surface area contributed by atoms with Gasteiger partial charge >= 0.3 is 0 Å². The number of thiophene rings is 1. The van der Waals surface area contributed by atoms with E-state index < -0.39 is 0 Å². The van der Waals surface area contributed by atoms with Crippen molar-refractivity contribution >= 4 is 28.6 Å². The zero-order valence-corrected chi connectivity index (χ0v) is 12.4. The van der Waals surface area contributed by atoms with Gasteiger partial charge in [0.15, 0.2) is 0 Å². The molecule has 1 aliphatic carbocycles. The van der Waals surface area contributed by atoms with E-state index in [0.717, 1.165) is 34.0 Å². The van der Waals surface area contributed by atoms with Gasteiger partial charge in [-0.3, -0.25) is 4.79 Å². The predicted octanol–water partition coefficient (Wildman–Crippen LogP) is 3.85. The van der Waals surface area contributed by atoms with Crippen LogP contribution in [0.4, 0.5) is 0 Å². The molecule has 1 aliphatic rings. The maximum absolute atomic E-state index is 12.3. The second-order valence-corrected chi connectivity index (χ2v) is 6.68. The molecule has 0 spiro atoms. The molecular formula is C14H16N2OS2. The van der Waals surface area contributed by atoms with Gasteiger partial charge in [-0.25, -0.2) is 4.98 Å². The number of carbonyl (C=O) groups is 1. The number of aromatic nitrogens is 1. The van der Waals surface area contributed by atoms with E-state index in [4.69, 9.17) is 0 Å². The quantitative estimate of drug-likeness (QED) is 0.933. The Kier molecular flexibility index (Phi) is 3.66. The molecule has 2 heterocycles. The first-order valence-corrected chi connectivity index (χ1v) is 8.31. The van der Waals surface area contributed by atoms with Gasteiger partial charge in [0, 0.05) is 17.0 Å². The van der Waals surface area contributed by atoms with Gasteiger partial charge in [-0.05, 0) is 31.2 Å². The average Bonchev–Trinajstić information content (AvgIpc) is 3.07. The molecule has 3 rings (SSSR count). The summed E-state index contributed by atoms with van der Waals surface area (Å²) >= 11 is 3.14. The van der Waals surface area contributed by atoms with Gasteiger partial charge in [-0.2, -0.15) is 11.3 Å². The molecule has 0 atom stereocenters. The van der Waals surface area contributed by atoms with Crippen LogP contribution in [0.25, 0.3) is 10.6 Å². The Bertz CT molecular complexity index is 568. The van der Waals surface area contributed by atoms with Gasteiger partial charge in [0.2, 0.25) is 0 Å². The molecule has 19 heavy (non-hydrogen) atoms. The number of hydrogen-bond acceptors (Lipinski definition) is 4. The number of nitrogens with zero attached hydrogens (tertiary/aromatic N) is 1. The maximum Gasteiger partial charge on any atom is 0.263 e. The van der Waals surface area contributed by atoms with E-state index in [1.165, 1.54) is 24.2 Å². The summed E-state index contributed by atoms with van der Waals surface area (Å²) in [4.78, 5) is 17.5. The van der Waals surface area contributed by atoms with Crippen molar-refractivity contribution in [1.82, 2.24) is 10.3 Å². The van der Waals surface area contributed by atoms with Crippen LogP contribution < -0.4 is 5.32 Å². The van der Waals surface area contributed by atoms with Gasteiger partial charge < -0.3 is 5.32 Å². The third kappa shape index (κ3) is 2.72. The summed E-state index contributed by atoms with van der Waals surface area (Å²) in [5.41, 5.74) is 1.94. The SMILES string of the molecule is Cc1nc(-c2ccsc2)sc1C(=O)NC1CCCC1. The lowest BCUT2D eigenvalue weighted by Crippen LogP contribution is -2.32. The minimum Gasteiger partial charge on any atom is -0.349 e. The Balaban J connectivity index is 1.78. The number of rotatable bonds is 3. The monoisotopic (exact) mass is 292 g/mol. The predicted molar refractivity (Wildman–Crippen MR) is 79.9 cm³/mol. The zero-order chi connectivity index (χ0) is 13.2. The van der Waals surface area contributed by atoms with Crippen LogP contribution in [-0.4, -0.2) is 16.9 Å². The first-order valence-electron chi connectivity index (χ1n) is 6.55. The summed E-state index contributed by atoms with van der Waals surface area (Å²) in [6.07, 6.45) is 4.68. The van der Waals surface area contributed by atoms with Crippen molar-refractivity contribution in [2.24, 2.45) is 0 Å². The molecule has 1 amide bonds. The molecule has 2 aromatic heterocycles. The van der Waals surface area contributed by atoms with Gasteiger partial charge in [-0.1, -0.05) is 12.8 Å². The zero-order valence-electron chi connectivity index (χ0n) is 10.8. The van der Waals surface area contributed by atoms with Crippen molar-refractivity contribution in [3.8, 4) is 10.6 Å². The van der Waals surface area contributed by atoms with E-state index in [1.54, 1.807) is 11.3 Å². The molecule has 2 aromatic rings. The van der Waals surface area contributed by atoms with Crippen LogP contribution in [0.5, 0.6) is 0 Å². The maximum atomic E-state index is 12.3. The Morgan fingerprint density at radius 2 is 2.21 bits per heavy atom. The van der Waals surface area contributed by atoms with Gasteiger partial charge in [0.25, 0.3) is 5.91 Å². The second-order valence-electron chi connectivity index (χ2n) is 4.90. The number of amides is 1. The van der Waals surface area contributed by atoms with Crippen LogP contribution in [-0.2, 0) is 0 Å². The molecule has 1 saturated carbocycles. The van der Waals surface area contributed by atoms with Crippen LogP contribution in [0.2, 0.25) is 0 Å². The van der Waals surface area contributed by atoms with E-state index >= 15 is 0 Å². The van der Waals surface area contributed by atoms with Crippen molar-refractivity contribution in [2.75, 3.05) is 0 Å². The first kappa shape index (κ1) is 12.8. The number of aryl methyl sites for hydroxylation is 1. The second kappa shape index (κ2) is 5.43. The fourth-order valence-electron chi connectivity index (χ4n) is 2.44. The largest absolute Gasteiger partial charge is 0.349 e. The number of thiazole rings is 1. The van der Waals surface area contributed by atoms with E-state index in [0.29, 0.717) is 6.04 Å². The van der Waals surface area contributed by atoms with Crippen molar-refractivity contribution < 1.29 is 4.79 Å². The van der Waals surface area contributed by atoms with Gasteiger partial charge in [0.05, 0.1) is 5.69 Å². The molecule has 3 nitrogen and oxygen atoms in total. The molecular weight excluding hydrogens is 276 g/mol. The Morgan fingerprint density at radius 3 is 2.89 bits per heavy atom. The summed E-state index contributed by atoms with van der Waals surface area (Å²) in [6.45, 7) is 1.91. The lowest BCUT2D eigenvalue weighted by Gasteiger charge is -2.10. The molecule has 0 unspecified atom stereocenters. The fraction of sp³-hybridized carbons (Fsp3) is 0.429. The third-order valence-electron chi connectivity index (χ3n) is 3.46. The van der Waals surface area contributed by atoms with E-state index in [2.05, 4.69) is 15.7 Å². The van der Waals surface area contributed by atoms with Crippen molar-refractivity contribution in [2.45, 2.75) is 38.6 Å². The minimum absolute atomic E-state index is 0.0448. The van der Waals surface area contributed by atoms with Crippen LogP contribution in [0.15, 0.2) is 16.8 Å². The molecule has 100 valence electrons. The van der Waals surface area contributed by atoms with Crippen LogP contribution in [0, 0.1) is 6.92 Å². The highest BCUT2D eigenvalue weighted by Crippen LogP contribution is 2.29. The van der Waals surface area contributed by atoms with Gasteiger partial charge in [-0.15, -0.1) is 11.3 Å².